The first-order chi connectivity index (χ1) is 13.8. The van der Waals surface area contributed by atoms with Gasteiger partial charge >= 0.3 is 6.03 Å². The van der Waals surface area contributed by atoms with Gasteiger partial charge in [0.15, 0.2) is 0 Å². The van der Waals surface area contributed by atoms with Crippen LogP contribution in [0.1, 0.15) is 31.9 Å². The Morgan fingerprint density at radius 3 is 2.38 bits per heavy atom. The predicted molar refractivity (Wildman–Crippen MR) is 118 cm³/mol. The van der Waals surface area contributed by atoms with E-state index in [1.54, 1.807) is 6.20 Å². The summed E-state index contributed by atoms with van der Waals surface area (Å²) < 4.78 is 0. The average Bonchev–Trinajstić information content (AvgIpc) is 2.68. The second-order valence-electron chi connectivity index (χ2n) is 8.35. The Labute approximate surface area is 177 Å². The lowest BCUT2D eigenvalue weighted by Gasteiger charge is -2.35. The number of anilines is 2. The molecule has 0 spiro atoms. The summed E-state index contributed by atoms with van der Waals surface area (Å²) in [7, 11) is 0. The quantitative estimate of drug-likeness (QED) is 0.792. The fourth-order valence-electron chi connectivity index (χ4n) is 3.35. The smallest absolute Gasteiger partial charge is 0.321 e. The van der Waals surface area contributed by atoms with Gasteiger partial charge in [0.05, 0.1) is 5.02 Å². The van der Waals surface area contributed by atoms with Crippen LogP contribution in [0, 0.1) is 0 Å². The van der Waals surface area contributed by atoms with Crippen molar-refractivity contribution in [2.45, 2.75) is 32.6 Å². The van der Waals surface area contributed by atoms with Crippen LogP contribution in [0.4, 0.5) is 16.3 Å². The minimum Gasteiger partial charge on any atom is -0.396 e. The molecule has 29 heavy (non-hydrogen) atoms. The number of hydrogen-bond acceptors (Lipinski definition) is 4. The summed E-state index contributed by atoms with van der Waals surface area (Å²) in [5, 5.41) is 12.6. The first-order valence-corrected chi connectivity index (χ1v) is 10.3. The second-order valence-corrected chi connectivity index (χ2v) is 8.76. The van der Waals surface area contributed by atoms with Gasteiger partial charge in [-0.15, -0.1) is 0 Å². The summed E-state index contributed by atoms with van der Waals surface area (Å²) in [6, 6.07) is 9.77. The highest BCUT2D eigenvalue weighted by atomic mass is 35.5. The first kappa shape index (κ1) is 21.4. The molecule has 2 N–H and O–H groups in total. The van der Waals surface area contributed by atoms with E-state index in [4.69, 9.17) is 16.7 Å². The largest absolute Gasteiger partial charge is 0.396 e. The van der Waals surface area contributed by atoms with E-state index in [1.165, 1.54) is 5.56 Å². The maximum atomic E-state index is 12.6. The number of benzene rings is 1. The highest BCUT2D eigenvalue weighted by Gasteiger charge is 2.23. The molecular formula is C22H29ClN4O2. The van der Waals surface area contributed by atoms with E-state index in [9.17, 15) is 4.79 Å². The van der Waals surface area contributed by atoms with Gasteiger partial charge in [-0.05, 0) is 41.2 Å². The molecule has 2 heterocycles. The standard InChI is InChI=1S/C22H29ClN4O2/c1-22(2,3)17-4-6-18(7-5-17)25-21(29)27-11-9-26(10-12-27)20-19(23)14-16(8-13-28)15-24-20/h4-7,14-15,28H,8-13H2,1-3H3,(H,25,29). The summed E-state index contributed by atoms with van der Waals surface area (Å²) in [6.45, 7) is 9.11. The van der Waals surface area contributed by atoms with Crippen LogP contribution in [0.15, 0.2) is 36.5 Å². The number of urea groups is 1. The zero-order valence-electron chi connectivity index (χ0n) is 17.3. The van der Waals surface area contributed by atoms with Crippen molar-refractivity contribution in [1.29, 1.82) is 0 Å². The van der Waals surface area contributed by atoms with Crippen LogP contribution in [-0.4, -0.2) is 53.8 Å². The summed E-state index contributed by atoms with van der Waals surface area (Å²) >= 11 is 6.37. The zero-order chi connectivity index (χ0) is 21.0. The number of nitrogens with zero attached hydrogens (tertiary/aromatic N) is 3. The van der Waals surface area contributed by atoms with Crippen molar-refractivity contribution < 1.29 is 9.90 Å². The van der Waals surface area contributed by atoms with Gasteiger partial charge in [0.1, 0.15) is 5.82 Å². The van der Waals surface area contributed by atoms with Crippen molar-refractivity contribution >= 4 is 29.1 Å². The van der Waals surface area contributed by atoms with Gasteiger partial charge in [-0.25, -0.2) is 9.78 Å². The van der Waals surface area contributed by atoms with Gasteiger partial charge in [0, 0.05) is 44.7 Å². The number of amides is 2. The Kier molecular flexibility index (Phi) is 6.65. The number of rotatable bonds is 4. The number of pyridine rings is 1. The summed E-state index contributed by atoms with van der Waals surface area (Å²) in [4.78, 5) is 21.0. The lowest BCUT2D eigenvalue weighted by atomic mass is 9.87. The van der Waals surface area contributed by atoms with E-state index in [0.717, 1.165) is 17.1 Å². The molecule has 0 atom stereocenters. The van der Waals surface area contributed by atoms with E-state index < -0.39 is 0 Å². The molecule has 7 heteroatoms. The molecule has 1 aliphatic rings. The van der Waals surface area contributed by atoms with Crippen molar-refractivity contribution in [2.24, 2.45) is 0 Å². The second kappa shape index (κ2) is 9.01. The van der Waals surface area contributed by atoms with Gasteiger partial charge in [-0.1, -0.05) is 44.5 Å². The third-order valence-electron chi connectivity index (χ3n) is 5.15. The molecule has 1 fully saturated rings. The van der Waals surface area contributed by atoms with Crippen LogP contribution in [0.2, 0.25) is 5.02 Å². The molecule has 0 aliphatic carbocycles. The van der Waals surface area contributed by atoms with Gasteiger partial charge in [0.2, 0.25) is 0 Å². The molecule has 3 rings (SSSR count). The third kappa shape index (κ3) is 5.40. The highest BCUT2D eigenvalue weighted by Crippen LogP contribution is 2.26. The van der Waals surface area contributed by atoms with Crippen molar-refractivity contribution in [2.75, 3.05) is 43.0 Å². The Morgan fingerprint density at radius 1 is 1.17 bits per heavy atom. The third-order valence-corrected chi connectivity index (χ3v) is 5.43. The predicted octanol–water partition coefficient (Wildman–Crippen LogP) is 3.92. The molecule has 156 valence electrons. The van der Waals surface area contributed by atoms with E-state index in [1.807, 2.05) is 23.1 Å². The van der Waals surface area contributed by atoms with E-state index >= 15 is 0 Å². The number of halogens is 1. The minimum absolute atomic E-state index is 0.0735. The number of aromatic nitrogens is 1. The molecule has 1 saturated heterocycles. The maximum Gasteiger partial charge on any atom is 0.321 e. The van der Waals surface area contributed by atoms with Crippen LogP contribution in [0.5, 0.6) is 0 Å². The molecule has 0 unspecified atom stereocenters. The lowest BCUT2D eigenvalue weighted by Crippen LogP contribution is -2.50. The minimum atomic E-state index is -0.0921. The number of carbonyl (C=O) groups excluding carboxylic acids is 1. The van der Waals surface area contributed by atoms with Gasteiger partial charge in [-0.2, -0.15) is 0 Å². The molecule has 1 aromatic heterocycles. The van der Waals surface area contributed by atoms with Gasteiger partial charge in [0.25, 0.3) is 0 Å². The van der Waals surface area contributed by atoms with Crippen LogP contribution >= 0.6 is 11.6 Å². The maximum absolute atomic E-state index is 12.6. The first-order valence-electron chi connectivity index (χ1n) is 9.94. The summed E-state index contributed by atoms with van der Waals surface area (Å²) in [6.07, 6.45) is 2.29. The normalized spacial score (nSPS) is 14.8. The number of aliphatic hydroxyl groups is 1. The molecule has 6 nitrogen and oxygen atoms in total. The van der Waals surface area contributed by atoms with Crippen LogP contribution in [0.25, 0.3) is 0 Å². The molecule has 1 aromatic carbocycles. The van der Waals surface area contributed by atoms with Crippen molar-refractivity contribution in [3.05, 3.63) is 52.7 Å². The molecule has 0 saturated carbocycles. The Morgan fingerprint density at radius 2 is 1.83 bits per heavy atom. The number of nitrogens with one attached hydrogen (secondary N) is 1. The highest BCUT2D eigenvalue weighted by molar-refractivity contribution is 6.33. The molecule has 0 radical (unpaired) electrons. The van der Waals surface area contributed by atoms with Crippen LogP contribution < -0.4 is 10.2 Å². The van der Waals surface area contributed by atoms with Crippen LogP contribution in [-0.2, 0) is 11.8 Å². The van der Waals surface area contributed by atoms with E-state index in [2.05, 4.69) is 48.1 Å². The average molecular weight is 417 g/mol. The van der Waals surface area contributed by atoms with E-state index in [-0.39, 0.29) is 18.1 Å². The zero-order valence-corrected chi connectivity index (χ0v) is 18.0. The number of aliphatic hydroxyl groups excluding tert-OH is 1. The number of hydrogen-bond donors (Lipinski definition) is 2. The van der Waals surface area contributed by atoms with E-state index in [0.29, 0.717) is 37.6 Å². The lowest BCUT2D eigenvalue weighted by molar-refractivity contribution is 0.208. The fraction of sp³-hybridized carbons (Fsp3) is 0.455. The molecule has 2 aromatic rings. The summed E-state index contributed by atoms with van der Waals surface area (Å²) in [5.74, 6) is 0.728. The Hall–Kier alpha value is -2.31. The number of carbonyl (C=O) groups is 1. The molecule has 2 amide bonds. The van der Waals surface area contributed by atoms with Crippen molar-refractivity contribution in [1.82, 2.24) is 9.88 Å². The van der Waals surface area contributed by atoms with Crippen molar-refractivity contribution in [3.8, 4) is 0 Å². The molecule has 0 bridgehead atoms. The molecular weight excluding hydrogens is 388 g/mol. The fourth-order valence-corrected chi connectivity index (χ4v) is 3.65. The van der Waals surface area contributed by atoms with Crippen LogP contribution in [0.3, 0.4) is 0 Å². The Balaban J connectivity index is 1.56. The van der Waals surface area contributed by atoms with Gasteiger partial charge in [-0.3, -0.25) is 0 Å². The molecule has 1 aliphatic heterocycles. The van der Waals surface area contributed by atoms with Crippen molar-refractivity contribution in [3.63, 3.8) is 0 Å². The Bertz CT molecular complexity index is 841. The number of piperazine rings is 1. The SMILES string of the molecule is CC(C)(C)c1ccc(NC(=O)N2CCN(c3ncc(CCO)cc3Cl)CC2)cc1. The van der Waals surface area contributed by atoms with Gasteiger partial charge < -0.3 is 20.2 Å². The topological polar surface area (TPSA) is 68.7 Å². The summed E-state index contributed by atoms with van der Waals surface area (Å²) in [5.41, 5.74) is 3.04. The monoisotopic (exact) mass is 416 g/mol.